The molecule has 6 nitrogen and oxygen atoms in total. The van der Waals surface area contributed by atoms with Gasteiger partial charge < -0.3 is 14.2 Å². The molecular formula is C77H126O6. The molecule has 0 aliphatic heterocycles. The number of hydrogen-bond acceptors (Lipinski definition) is 6. The normalized spacial score (nSPS) is 13.0. The maximum atomic E-state index is 13.0. The fraction of sp³-hybridized carbons (Fsp3) is 0.649. The predicted octanol–water partition coefficient (Wildman–Crippen LogP) is 23.9. The molecule has 0 aromatic heterocycles. The SMILES string of the molecule is CC/C=C\C/C=C\C/C=C\C/C=C\C/C=C\CCCCCCCCCCCC(=O)OCC(COC(=O)CCCCCCC/C=C\C/C=C\C/C=C\CC)OC(=O)CCCCCCCCCCCCCC/C=C\C/C=C\C/C=C\C/C=C\CC. The molecule has 1 atom stereocenters. The van der Waals surface area contributed by atoms with Gasteiger partial charge in [0, 0.05) is 19.3 Å². The van der Waals surface area contributed by atoms with Gasteiger partial charge in [-0.05, 0) is 135 Å². The van der Waals surface area contributed by atoms with E-state index in [9.17, 15) is 14.4 Å². The summed E-state index contributed by atoms with van der Waals surface area (Å²) in [5.41, 5.74) is 0. The molecule has 0 N–H and O–H groups in total. The molecule has 0 aliphatic rings. The zero-order valence-electron chi connectivity index (χ0n) is 53.9. The zero-order valence-corrected chi connectivity index (χ0v) is 53.9. The van der Waals surface area contributed by atoms with Gasteiger partial charge in [-0.25, -0.2) is 0 Å². The molecule has 0 spiro atoms. The van der Waals surface area contributed by atoms with Gasteiger partial charge >= 0.3 is 17.9 Å². The van der Waals surface area contributed by atoms with E-state index in [0.717, 1.165) is 161 Å². The molecule has 0 saturated carbocycles. The van der Waals surface area contributed by atoms with E-state index < -0.39 is 6.10 Å². The topological polar surface area (TPSA) is 78.9 Å². The highest BCUT2D eigenvalue weighted by atomic mass is 16.6. The molecule has 0 saturated heterocycles. The molecule has 0 amide bonds. The van der Waals surface area contributed by atoms with Crippen molar-refractivity contribution in [2.75, 3.05) is 13.2 Å². The Morgan fingerprint density at radius 3 is 0.675 bits per heavy atom. The van der Waals surface area contributed by atoms with E-state index in [4.69, 9.17) is 14.2 Å². The summed E-state index contributed by atoms with van der Waals surface area (Å²) in [7, 11) is 0. The Kier molecular flexibility index (Phi) is 65.8. The van der Waals surface area contributed by atoms with Gasteiger partial charge in [0.05, 0.1) is 0 Å². The summed E-state index contributed by atoms with van der Waals surface area (Å²) < 4.78 is 17.0. The summed E-state index contributed by atoms with van der Waals surface area (Å²) >= 11 is 0. The van der Waals surface area contributed by atoms with Crippen LogP contribution in [-0.2, 0) is 28.6 Å². The summed E-state index contributed by atoms with van der Waals surface area (Å²) in [6, 6.07) is 0. The van der Waals surface area contributed by atoms with Crippen molar-refractivity contribution in [2.45, 2.75) is 309 Å². The van der Waals surface area contributed by atoms with Crippen LogP contribution < -0.4 is 0 Å². The Bertz CT molecular complexity index is 1800. The van der Waals surface area contributed by atoms with Crippen molar-refractivity contribution in [3.63, 3.8) is 0 Å². The molecule has 0 aliphatic carbocycles. The number of esters is 3. The first kappa shape index (κ1) is 78.3. The van der Waals surface area contributed by atoms with E-state index in [1.54, 1.807) is 0 Å². The Morgan fingerprint density at radius 2 is 0.434 bits per heavy atom. The van der Waals surface area contributed by atoms with Gasteiger partial charge in [-0.1, -0.05) is 295 Å². The van der Waals surface area contributed by atoms with Crippen LogP contribution >= 0.6 is 0 Å². The van der Waals surface area contributed by atoms with E-state index in [2.05, 4.69) is 167 Å². The van der Waals surface area contributed by atoms with Crippen LogP contribution in [0.1, 0.15) is 303 Å². The minimum absolute atomic E-state index is 0.0913. The van der Waals surface area contributed by atoms with Crippen molar-refractivity contribution >= 4 is 17.9 Å². The summed E-state index contributed by atoms with van der Waals surface area (Å²) in [4.78, 5) is 38.5. The van der Waals surface area contributed by atoms with Crippen molar-refractivity contribution in [3.05, 3.63) is 146 Å². The smallest absolute Gasteiger partial charge is 0.306 e. The first-order valence-corrected chi connectivity index (χ1v) is 34.3. The van der Waals surface area contributed by atoms with Gasteiger partial charge in [-0.15, -0.1) is 0 Å². The van der Waals surface area contributed by atoms with Crippen LogP contribution in [0.25, 0.3) is 0 Å². The second-order valence-corrected chi connectivity index (χ2v) is 22.3. The standard InChI is InChI=1S/C77H126O6/c1-4-7-10-13-16-19-22-25-28-30-32-34-36-38-40-42-44-46-49-52-55-58-61-64-67-70-76(79)82-73-74(72-81-75(78)69-66-63-60-57-54-51-48-27-24-21-18-15-12-9-6-3)83-77(80)71-68-65-62-59-56-53-50-47-45-43-41-39-37-35-33-31-29-26-23-20-17-14-11-8-5-2/h7-12,16-21,25-29,32-35,38,40,48,74H,4-6,13-15,22-24,30-31,36-37,39,41-47,49-73H2,1-3H3/b10-7-,11-8-,12-9-,19-16-,20-17-,21-18-,28-25-,29-26-,34-32-,35-33-,40-38-,48-27-. The Morgan fingerprint density at radius 1 is 0.241 bits per heavy atom. The Hall–Kier alpha value is -4.71. The number of ether oxygens (including phenoxy) is 3. The monoisotopic (exact) mass is 1150 g/mol. The maximum absolute atomic E-state index is 13.0. The molecule has 0 bridgehead atoms. The van der Waals surface area contributed by atoms with Crippen LogP contribution in [0, 0.1) is 0 Å². The molecule has 0 fully saturated rings. The molecule has 0 rings (SSSR count). The first-order chi connectivity index (χ1) is 41.0. The lowest BCUT2D eigenvalue weighted by atomic mass is 10.0. The Balaban J connectivity index is 4.38. The largest absolute Gasteiger partial charge is 0.462 e. The highest BCUT2D eigenvalue weighted by Gasteiger charge is 2.19. The second-order valence-electron chi connectivity index (χ2n) is 22.3. The second kappa shape index (κ2) is 69.8. The lowest BCUT2D eigenvalue weighted by Gasteiger charge is -2.18. The van der Waals surface area contributed by atoms with Gasteiger partial charge in [0.25, 0.3) is 0 Å². The van der Waals surface area contributed by atoms with E-state index in [1.807, 2.05) is 0 Å². The van der Waals surface area contributed by atoms with Crippen molar-refractivity contribution in [1.82, 2.24) is 0 Å². The highest BCUT2D eigenvalue weighted by molar-refractivity contribution is 5.71. The van der Waals surface area contributed by atoms with Crippen LogP contribution in [0.2, 0.25) is 0 Å². The minimum Gasteiger partial charge on any atom is -0.462 e. The quantitative estimate of drug-likeness (QED) is 0.0261. The molecule has 0 radical (unpaired) electrons. The average molecular weight is 1150 g/mol. The number of allylic oxidation sites excluding steroid dienone is 24. The third kappa shape index (κ3) is 68.0. The summed E-state index contributed by atoms with van der Waals surface area (Å²) in [5, 5.41) is 0. The fourth-order valence-electron chi connectivity index (χ4n) is 9.30. The molecule has 1 unspecified atom stereocenters. The van der Waals surface area contributed by atoms with E-state index in [-0.39, 0.29) is 31.1 Å². The summed E-state index contributed by atoms with van der Waals surface area (Å²) in [6.45, 7) is 6.30. The molecule has 0 aromatic rings. The average Bonchev–Trinajstić information content (AvgIpc) is 3.49. The van der Waals surface area contributed by atoms with Crippen molar-refractivity contribution < 1.29 is 28.6 Å². The fourth-order valence-corrected chi connectivity index (χ4v) is 9.30. The van der Waals surface area contributed by atoms with Crippen LogP contribution in [-0.4, -0.2) is 37.2 Å². The minimum atomic E-state index is -0.797. The molecular weight excluding hydrogens is 1020 g/mol. The maximum Gasteiger partial charge on any atom is 0.306 e. The number of carbonyl (C=O) groups excluding carboxylic acids is 3. The van der Waals surface area contributed by atoms with Crippen LogP contribution in [0.5, 0.6) is 0 Å². The number of hydrogen-bond donors (Lipinski definition) is 0. The Labute approximate surface area is 512 Å². The number of unbranched alkanes of at least 4 members (excludes halogenated alkanes) is 26. The van der Waals surface area contributed by atoms with E-state index in [1.165, 1.54) is 103 Å². The lowest BCUT2D eigenvalue weighted by molar-refractivity contribution is -0.167. The molecule has 0 aromatic carbocycles. The lowest BCUT2D eigenvalue weighted by Crippen LogP contribution is -2.30. The predicted molar refractivity (Wildman–Crippen MR) is 362 cm³/mol. The number of carbonyl (C=O) groups is 3. The zero-order chi connectivity index (χ0) is 59.9. The molecule has 470 valence electrons. The van der Waals surface area contributed by atoms with Gasteiger partial charge in [0.2, 0.25) is 0 Å². The van der Waals surface area contributed by atoms with Gasteiger partial charge in [0.15, 0.2) is 6.10 Å². The van der Waals surface area contributed by atoms with E-state index >= 15 is 0 Å². The van der Waals surface area contributed by atoms with Gasteiger partial charge in [0.1, 0.15) is 13.2 Å². The van der Waals surface area contributed by atoms with Crippen molar-refractivity contribution in [1.29, 1.82) is 0 Å². The van der Waals surface area contributed by atoms with E-state index in [0.29, 0.717) is 19.3 Å². The van der Waals surface area contributed by atoms with Crippen LogP contribution in [0.15, 0.2) is 146 Å². The van der Waals surface area contributed by atoms with Crippen molar-refractivity contribution in [2.24, 2.45) is 0 Å². The number of rotatable bonds is 61. The van der Waals surface area contributed by atoms with Crippen LogP contribution in [0.4, 0.5) is 0 Å². The van der Waals surface area contributed by atoms with Gasteiger partial charge in [-0.3, -0.25) is 14.4 Å². The van der Waals surface area contributed by atoms with Gasteiger partial charge in [-0.2, -0.15) is 0 Å². The highest BCUT2D eigenvalue weighted by Crippen LogP contribution is 2.16. The third-order valence-corrected chi connectivity index (χ3v) is 14.3. The van der Waals surface area contributed by atoms with Crippen molar-refractivity contribution in [3.8, 4) is 0 Å². The molecule has 6 heteroatoms. The first-order valence-electron chi connectivity index (χ1n) is 34.3. The van der Waals surface area contributed by atoms with Crippen LogP contribution in [0.3, 0.4) is 0 Å². The summed E-state index contributed by atoms with van der Waals surface area (Å²) in [6.07, 6.45) is 100. The third-order valence-electron chi connectivity index (χ3n) is 14.3. The molecule has 0 heterocycles. The summed E-state index contributed by atoms with van der Waals surface area (Å²) in [5.74, 6) is -0.911. The molecule has 83 heavy (non-hydrogen) atoms.